The molecule has 0 spiro atoms. The summed E-state index contributed by atoms with van der Waals surface area (Å²) >= 11 is 7.68. The molecule has 3 heterocycles. The molecule has 2 saturated heterocycles. The maximum atomic E-state index is 13.2. The average molecular weight is 528 g/mol. The molecule has 3 rings (SSSR count). The zero-order valence-corrected chi connectivity index (χ0v) is 23.0. The SMILES string of the molecule is C/C(=C\c1nc(C)sc1Cl)[C@@H]1C[C@@H]2O[C@@H]2CCC[C@H](C)C(O)[C@@H](C)C(=O)C(C)(C)[C@@H](O)CC(=O)O1. The lowest BCUT2D eigenvalue weighted by Crippen LogP contribution is -2.45. The highest BCUT2D eigenvalue weighted by Gasteiger charge is 2.44. The largest absolute Gasteiger partial charge is 0.458 e. The molecular weight excluding hydrogens is 490 g/mol. The highest BCUT2D eigenvalue weighted by atomic mass is 35.5. The molecule has 0 saturated carbocycles. The van der Waals surface area contributed by atoms with Crippen molar-refractivity contribution in [2.24, 2.45) is 17.3 Å². The second kappa shape index (κ2) is 11.4. The zero-order valence-electron chi connectivity index (χ0n) is 21.4. The highest BCUT2D eigenvalue weighted by Crippen LogP contribution is 2.37. The van der Waals surface area contributed by atoms with E-state index in [2.05, 4.69) is 4.98 Å². The molecule has 1 aromatic heterocycles. The lowest BCUT2D eigenvalue weighted by molar-refractivity contribution is -0.154. The number of thiazole rings is 1. The van der Waals surface area contributed by atoms with Gasteiger partial charge in [0, 0.05) is 12.3 Å². The van der Waals surface area contributed by atoms with Crippen molar-refractivity contribution in [1.82, 2.24) is 4.98 Å². The van der Waals surface area contributed by atoms with Gasteiger partial charge < -0.3 is 19.7 Å². The minimum atomic E-state index is -1.24. The standard InChI is InChI=1S/C26H38ClNO6S/c1-13-8-7-9-18-20(33-18)11-19(14(2)10-17-25(27)35-16(4)28-17)34-22(30)12-21(29)26(5,6)24(32)15(3)23(13)31/h10,13,15,18-21,23,29,31H,7-9,11-12H2,1-6H3/b14-10+/t13-,15+,18+,19-,20-,21-,23?/m0/s1. The van der Waals surface area contributed by atoms with Gasteiger partial charge in [-0.15, -0.1) is 11.3 Å². The molecule has 2 fully saturated rings. The van der Waals surface area contributed by atoms with Crippen LogP contribution in [0.15, 0.2) is 5.57 Å². The molecule has 0 aromatic carbocycles. The number of esters is 1. The van der Waals surface area contributed by atoms with Gasteiger partial charge in [0.15, 0.2) is 0 Å². The maximum Gasteiger partial charge on any atom is 0.309 e. The van der Waals surface area contributed by atoms with E-state index in [1.165, 1.54) is 11.3 Å². The summed E-state index contributed by atoms with van der Waals surface area (Å²) < 4.78 is 12.3. The Hall–Kier alpha value is -1.32. The van der Waals surface area contributed by atoms with Crippen molar-refractivity contribution < 1.29 is 29.3 Å². The van der Waals surface area contributed by atoms with Crippen LogP contribution in [0.25, 0.3) is 6.08 Å². The fourth-order valence-corrected chi connectivity index (χ4v) is 5.87. The Morgan fingerprint density at radius 1 is 1.20 bits per heavy atom. The number of carbonyl (C=O) groups excluding carboxylic acids is 2. The summed E-state index contributed by atoms with van der Waals surface area (Å²) in [4.78, 5) is 30.5. The summed E-state index contributed by atoms with van der Waals surface area (Å²) in [7, 11) is 0. The Morgan fingerprint density at radius 3 is 2.51 bits per heavy atom. The lowest BCUT2D eigenvalue weighted by atomic mass is 9.73. The fraction of sp³-hybridized carbons (Fsp3) is 0.731. The first kappa shape index (κ1) is 28.3. The number of aliphatic hydroxyl groups is 2. The van der Waals surface area contributed by atoms with E-state index < -0.39 is 35.6 Å². The summed E-state index contributed by atoms with van der Waals surface area (Å²) in [6.45, 7) is 10.6. The van der Waals surface area contributed by atoms with Gasteiger partial charge in [-0.1, -0.05) is 45.7 Å². The zero-order chi connectivity index (χ0) is 26.1. The van der Waals surface area contributed by atoms with Crippen LogP contribution in [-0.2, 0) is 19.1 Å². The predicted molar refractivity (Wildman–Crippen MR) is 136 cm³/mol. The van der Waals surface area contributed by atoms with Crippen molar-refractivity contribution in [3.63, 3.8) is 0 Å². The van der Waals surface area contributed by atoms with Gasteiger partial charge in [0.25, 0.3) is 0 Å². The molecule has 9 heteroatoms. The second-order valence-electron chi connectivity index (χ2n) is 10.7. The first-order chi connectivity index (χ1) is 16.3. The topological polar surface area (TPSA) is 109 Å². The van der Waals surface area contributed by atoms with Crippen LogP contribution in [0.3, 0.4) is 0 Å². The minimum absolute atomic E-state index is 0.0289. The van der Waals surface area contributed by atoms with Crippen molar-refractivity contribution >= 4 is 40.8 Å². The molecule has 0 amide bonds. The second-order valence-corrected chi connectivity index (χ2v) is 12.5. The van der Waals surface area contributed by atoms with Crippen LogP contribution in [-0.4, -0.2) is 57.5 Å². The van der Waals surface area contributed by atoms with E-state index in [4.69, 9.17) is 21.1 Å². The number of hydrogen-bond acceptors (Lipinski definition) is 8. The van der Waals surface area contributed by atoms with Gasteiger partial charge in [-0.05, 0) is 44.3 Å². The summed E-state index contributed by atoms with van der Waals surface area (Å²) in [6, 6.07) is 0. The Labute approximate surface area is 216 Å². The Morgan fingerprint density at radius 2 is 1.89 bits per heavy atom. The van der Waals surface area contributed by atoms with Gasteiger partial charge in [-0.3, -0.25) is 9.59 Å². The molecule has 0 aliphatic carbocycles. The third kappa shape index (κ3) is 6.92. The molecular formula is C26H38ClNO6S. The van der Waals surface area contributed by atoms with E-state index in [0.717, 1.165) is 29.8 Å². The molecule has 2 aliphatic heterocycles. The van der Waals surface area contributed by atoms with Crippen molar-refractivity contribution in [2.75, 3.05) is 0 Å². The number of epoxide rings is 1. The maximum absolute atomic E-state index is 13.2. The number of carbonyl (C=O) groups is 2. The molecule has 0 bridgehead atoms. The van der Waals surface area contributed by atoms with E-state index in [9.17, 15) is 19.8 Å². The van der Waals surface area contributed by atoms with Crippen LogP contribution >= 0.6 is 22.9 Å². The summed E-state index contributed by atoms with van der Waals surface area (Å²) in [6.07, 6.45) is 1.90. The van der Waals surface area contributed by atoms with Gasteiger partial charge >= 0.3 is 5.97 Å². The number of Topliss-reactive ketones (excluding diaryl/α,β-unsaturated/α-hetero) is 1. The molecule has 0 radical (unpaired) electrons. The number of aryl methyl sites for hydroxylation is 1. The van der Waals surface area contributed by atoms with Crippen LogP contribution in [0.5, 0.6) is 0 Å². The van der Waals surface area contributed by atoms with E-state index in [0.29, 0.717) is 16.5 Å². The lowest BCUT2D eigenvalue weighted by Gasteiger charge is -2.34. The molecule has 7 atom stereocenters. The van der Waals surface area contributed by atoms with Crippen LogP contribution in [0.1, 0.15) is 77.4 Å². The first-order valence-electron chi connectivity index (χ1n) is 12.4. The van der Waals surface area contributed by atoms with Gasteiger partial charge in [-0.2, -0.15) is 0 Å². The number of ketones is 1. The number of cyclic esters (lactones) is 1. The molecule has 7 nitrogen and oxygen atoms in total. The van der Waals surface area contributed by atoms with Crippen LogP contribution < -0.4 is 0 Å². The van der Waals surface area contributed by atoms with Gasteiger partial charge in [-0.25, -0.2) is 4.98 Å². The van der Waals surface area contributed by atoms with Gasteiger partial charge in [0.2, 0.25) is 0 Å². The normalized spacial score (nSPS) is 35.3. The first-order valence-corrected chi connectivity index (χ1v) is 13.6. The Balaban J connectivity index is 1.84. The number of aromatic nitrogens is 1. The van der Waals surface area contributed by atoms with Crippen LogP contribution in [0.4, 0.5) is 0 Å². The smallest absolute Gasteiger partial charge is 0.309 e. The molecule has 2 aliphatic rings. The number of rotatable bonds is 2. The highest BCUT2D eigenvalue weighted by molar-refractivity contribution is 7.16. The van der Waals surface area contributed by atoms with E-state index >= 15 is 0 Å². The van der Waals surface area contributed by atoms with E-state index in [1.807, 2.05) is 26.8 Å². The molecule has 2 N–H and O–H groups in total. The molecule has 35 heavy (non-hydrogen) atoms. The number of nitrogens with zero attached hydrogens (tertiary/aromatic N) is 1. The minimum Gasteiger partial charge on any atom is -0.458 e. The van der Waals surface area contributed by atoms with Crippen molar-refractivity contribution in [3.8, 4) is 0 Å². The van der Waals surface area contributed by atoms with E-state index in [-0.39, 0.29) is 30.3 Å². The van der Waals surface area contributed by atoms with Crippen molar-refractivity contribution in [2.45, 2.75) is 104 Å². The molecule has 1 aromatic rings. The number of fused-ring (bicyclic) bond motifs is 1. The Bertz CT molecular complexity index is 960. The fourth-order valence-electron chi connectivity index (χ4n) is 4.82. The van der Waals surface area contributed by atoms with Crippen LogP contribution in [0.2, 0.25) is 4.34 Å². The Kier molecular flexibility index (Phi) is 9.19. The molecule has 1 unspecified atom stereocenters. The molecule has 196 valence electrons. The van der Waals surface area contributed by atoms with Crippen LogP contribution in [0, 0.1) is 24.2 Å². The van der Waals surface area contributed by atoms with E-state index in [1.54, 1.807) is 20.8 Å². The summed E-state index contributed by atoms with van der Waals surface area (Å²) in [5.41, 5.74) is 0.208. The number of hydrogen-bond donors (Lipinski definition) is 2. The van der Waals surface area contributed by atoms with Gasteiger partial charge in [0.1, 0.15) is 16.2 Å². The third-order valence-electron chi connectivity index (χ3n) is 7.48. The summed E-state index contributed by atoms with van der Waals surface area (Å²) in [5.74, 6) is -1.59. The number of ether oxygens (including phenoxy) is 2. The third-order valence-corrected chi connectivity index (χ3v) is 8.68. The number of halogens is 1. The predicted octanol–water partition coefficient (Wildman–Crippen LogP) is 4.74. The monoisotopic (exact) mass is 527 g/mol. The summed E-state index contributed by atoms with van der Waals surface area (Å²) in [5, 5.41) is 22.5. The average Bonchev–Trinajstić information content (AvgIpc) is 3.44. The van der Waals surface area contributed by atoms with Crippen molar-refractivity contribution in [3.05, 3.63) is 20.6 Å². The quantitative estimate of drug-likeness (QED) is 0.422. The van der Waals surface area contributed by atoms with Crippen molar-refractivity contribution in [1.29, 1.82) is 0 Å². The number of aliphatic hydroxyl groups excluding tert-OH is 2. The van der Waals surface area contributed by atoms with Gasteiger partial charge in [0.05, 0.1) is 47.0 Å².